The molecule has 0 radical (unpaired) electrons. The predicted molar refractivity (Wildman–Crippen MR) is 125 cm³/mol. The average Bonchev–Trinajstić information content (AvgIpc) is 3.39. The predicted octanol–water partition coefficient (Wildman–Crippen LogP) is 6.30. The smallest absolute Gasteiger partial charge is 0.464 e. The molecule has 0 atom stereocenters. The van der Waals surface area contributed by atoms with Crippen LogP contribution in [0.3, 0.4) is 0 Å². The average molecular weight is 410 g/mol. The van der Waals surface area contributed by atoms with Crippen molar-refractivity contribution in [3.63, 3.8) is 0 Å². The molecular formula is C26H23BO4. The SMILES string of the molecule is CC1(C)OB(c2ccc3oc4ccc(-c5coc6ccccc56)cc4c3c2)OC1(C)C. The van der Waals surface area contributed by atoms with Crippen molar-refractivity contribution in [2.75, 3.05) is 0 Å². The molecule has 5 aromatic rings. The second-order valence-electron chi connectivity index (χ2n) is 9.30. The molecular weight excluding hydrogens is 387 g/mol. The normalized spacial score (nSPS) is 17.9. The molecule has 0 saturated carbocycles. The van der Waals surface area contributed by atoms with Crippen LogP contribution in [-0.4, -0.2) is 18.3 Å². The van der Waals surface area contributed by atoms with E-state index in [1.54, 1.807) is 0 Å². The lowest BCUT2D eigenvalue weighted by atomic mass is 9.78. The second-order valence-corrected chi connectivity index (χ2v) is 9.30. The van der Waals surface area contributed by atoms with Crippen molar-refractivity contribution in [1.29, 1.82) is 0 Å². The quantitative estimate of drug-likeness (QED) is 0.321. The lowest BCUT2D eigenvalue weighted by molar-refractivity contribution is 0.00578. The number of para-hydroxylation sites is 1. The van der Waals surface area contributed by atoms with Crippen molar-refractivity contribution in [2.24, 2.45) is 0 Å². The minimum atomic E-state index is -0.402. The van der Waals surface area contributed by atoms with Gasteiger partial charge in [-0.15, -0.1) is 0 Å². The van der Waals surface area contributed by atoms with Crippen LogP contribution in [-0.2, 0) is 9.31 Å². The summed E-state index contributed by atoms with van der Waals surface area (Å²) in [7, 11) is -0.402. The molecule has 3 aromatic carbocycles. The van der Waals surface area contributed by atoms with Crippen molar-refractivity contribution in [3.8, 4) is 11.1 Å². The van der Waals surface area contributed by atoms with Gasteiger partial charge in [-0.05, 0) is 63.0 Å². The lowest BCUT2D eigenvalue weighted by Crippen LogP contribution is -2.41. The molecule has 0 spiro atoms. The van der Waals surface area contributed by atoms with E-state index in [0.29, 0.717) is 0 Å². The van der Waals surface area contributed by atoms with Crippen LogP contribution in [0.4, 0.5) is 0 Å². The third-order valence-corrected chi connectivity index (χ3v) is 6.81. The zero-order valence-electron chi connectivity index (χ0n) is 18.1. The summed E-state index contributed by atoms with van der Waals surface area (Å²) in [6.07, 6.45) is 1.82. The second kappa shape index (κ2) is 6.25. The van der Waals surface area contributed by atoms with Gasteiger partial charge in [0.1, 0.15) is 16.7 Å². The minimum absolute atomic E-state index is 0.374. The molecule has 31 heavy (non-hydrogen) atoms. The lowest BCUT2D eigenvalue weighted by Gasteiger charge is -2.32. The Kier molecular flexibility index (Phi) is 3.78. The molecule has 1 aliphatic heterocycles. The van der Waals surface area contributed by atoms with Crippen LogP contribution in [0, 0.1) is 0 Å². The molecule has 2 aromatic heterocycles. The van der Waals surface area contributed by atoms with Gasteiger partial charge in [-0.3, -0.25) is 0 Å². The fourth-order valence-electron chi connectivity index (χ4n) is 4.29. The van der Waals surface area contributed by atoms with Crippen LogP contribution in [0.15, 0.2) is 75.8 Å². The summed E-state index contributed by atoms with van der Waals surface area (Å²) in [5, 5.41) is 3.22. The summed E-state index contributed by atoms with van der Waals surface area (Å²) >= 11 is 0. The number of hydrogen-bond acceptors (Lipinski definition) is 4. The van der Waals surface area contributed by atoms with Gasteiger partial charge in [-0.2, -0.15) is 0 Å². The number of fused-ring (bicyclic) bond motifs is 4. The number of hydrogen-bond donors (Lipinski definition) is 0. The Labute approximate surface area is 180 Å². The Hall–Kier alpha value is -3.02. The van der Waals surface area contributed by atoms with Crippen LogP contribution in [0.5, 0.6) is 0 Å². The third-order valence-electron chi connectivity index (χ3n) is 6.81. The number of rotatable bonds is 2. The summed E-state index contributed by atoms with van der Waals surface area (Å²) in [5.41, 5.74) is 5.02. The van der Waals surface area contributed by atoms with Gasteiger partial charge < -0.3 is 18.1 Å². The van der Waals surface area contributed by atoms with Gasteiger partial charge in [0, 0.05) is 21.7 Å². The standard InChI is InChI=1S/C26H23BO4/c1-25(2)26(3,4)31-27(30-25)17-10-12-24-20(14-17)19-13-16(9-11-23(19)29-24)21-15-28-22-8-6-5-7-18(21)22/h5-15H,1-4H3. The maximum absolute atomic E-state index is 6.25. The van der Waals surface area contributed by atoms with Crippen LogP contribution in [0.25, 0.3) is 44.0 Å². The van der Waals surface area contributed by atoms with E-state index in [0.717, 1.165) is 49.5 Å². The van der Waals surface area contributed by atoms with Crippen LogP contribution >= 0.6 is 0 Å². The highest BCUT2D eigenvalue weighted by molar-refractivity contribution is 6.62. The molecule has 1 aliphatic rings. The minimum Gasteiger partial charge on any atom is -0.464 e. The van der Waals surface area contributed by atoms with Gasteiger partial charge in [0.2, 0.25) is 0 Å². The Morgan fingerprint density at radius 1 is 0.677 bits per heavy atom. The zero-order valence-corrected chi connectivity index (χ0v) is 18.1. The Balaban J connectivity index is 1.48. The van der Waals surface area contributed by atoms with E-state index in [-0.39, 0.29) is 11.2 Å². The van der Waals surface area contributed by atoms with Crippen LogP contribution in [0.2, 0.25) is 0 Å². The zero-order chi connectivity index (χ0) is 21.4. The first-order valence-electron chi connectivity index (χ1n) is 10.6. The van der Waals surface area contributed by atoms with E-state index in [9.17, 15) is 0 Å². The maximum atomic E-state index is 6.25. The van der Waals surface area contributed by atoms with Crippen molar-refractivity contribution in [3.05, 3.63) is 66.9 Å². The molecule has 0 aliphatic carbocycles. The Morgan fingerprint density at radius 3 is 2.13 bits per heavy atom. The Morgan fingerprint density at radius 2 is 1.35 bits per heavy atom. The van der Waals surface area contributed by atoms with E-state index >= 15 is 0 Å². The van der Waals surface area contributed by atoms with Crippen molar-refractivity contribution in [2.45, 2.75) is 38.9 Å². The molecule has 154 valence electrons. The molecule has 3 heterocycles. The molecule has 4 nitrogen and oxygen atoms in total. The molecule has 6 rings (SSSR count). The first-order chi connectivity index (χ1) is 14.8. The molecule has 0 N–H and O–H groups in total. The number of benzene rings is 3. The van der Waals surface area contributed by atoms with Gasteiger partial charge in [0.25, 0.3) is 0 Å². The van der Waals surface area contributed by atoms with E-state index in [4.69, 9.17) is 18.1 Å². The highest BCUT2D eigenvalue weighted by atomic mass is 16.7. The van der Waals surface area contributed by atoms with Crippen LogP contribution in [0.1, 0.15) is 27.7 Å². The molecule has 0 unspecified atom stereocenters. The van der Waals surface area contributed by atoms with Gasteiger partial charge in [-0.25, -0.2) is 0 Å². The number of furan rings is 2. The van der Waals surface area contributed by atoms with Gasteiger partial charge >= 0.3 is 7.12 Å². The molecule has 1 saturated heterocycles. The first kappa shape index (κ1) is 18.7. The summed E-state index contributed by atoms with van der Waals surface area (Å²) < 4.78 is 24.4. The van der Waals surface area contributed by atoms with E-state index < -0.39 is 7.12 Å². The van der Waals surface area contributed by atoms with Crippen molar-refractivity contribution < 1.29 is 18.1 Å². The molecule has 0 bridgehead atoms. The van der Waals surface area contributed by atoms with E-state index in [1.165, 1.54) is 0 Å². The summed E-state index contributed by atoms with van der Waals surface area (Å²) in [4.78, 5) is 0. The van der Waals surface area contributed by atoms with Gasteiger partial charge in [0.15, 0.2) is 0 Å². The van der Waals surface area contributed by atoms with Gasteiger partial charge in [0.05, 0.1) is 17.5 Å². The summed E-state index contributed by atoms with van der Waals surface area (Å²) in [6.45, 7) is 8.28. The van der Waals surface area contributed by atoms with E-state index in [1.807, 2.05) is 42.7 Å². The van der Waals surface area contributed by atoms with E-state index in [2.05, 4.69) is 52.0 Å². The molecule has 1 fully saturated rings. The van der Waals surface area contributed by atoms with Crippen molar-refractivity contribution >= 4 is 45.5 Å². The summed E-state index contributed by atoms with van der Waals surface area (Å²) in [5.74, 6) is 0. The molecule has 0 amide bonds. The first-order valence-corrected chi connectivity index (χ1v) is 10.6. The Bertz CT molecular complexity index is 1440. The fraction of sp³-hybridized carbons (Fsp3) is 0.231. The largest absolute Gasteiger partial charge is 0.494 e. The topological polar surface area (TPSA) is 44.7 Å². The fourth-order valence-corrected chi connectivity index (χ4v) is 4.29. The highest BCUT2D eigenvalue weighted by Gasteiger charge is 2.51. The summed E-state index contributed by atoms with van der Waals surface area (Å²) in [6, 6.07) is 20.5. The third kappa shape index (κ3) is 2.77. The monoisotopic (exact) mass is 410 g/mol. The molecule has 5 heteroatoms. The van der Waals surface area contributed by atoms with Crippen LogP contribution < -0.4 is 5.46 Å². The maximum Gasteiger partial charge on any atom is 0.494 e. The highest BCUT2D eigenvalue weighted by Crippen LogP contribution is 2.38. The van der Waals surface area contributed by atoms with Crippen molar-refractivity contribution in [1.82, 2.24) is 0 Å². The van der Waals surface area contributed by atoms with Gasteiger partial charge in [-0.1, -0.05) is 36.4 Å².